The van der Waals surface area contributed by atoms with Gasteiger partial charge < -0.3 is 4.90 Å². The maximum Gasteiger partial charge on any atom is 0.225 e. The summed E-state index contributed by atoms with van der Waals surface area (Å²) in [7, 11) is -3.32. The van der Waals surface area contributed by atoms with Crippen LogP contribution in [0.4, 0.5) is 0 Å². The van der Waals surface area contributed by atoms with Crippen LogP contribution >= 0.6 is 0 Å². The first kappa shape index (κ1) is 18.4. The minimum atomic E-state index is -3.32. The van der Waals surface area contributed by atoms with E-state index in [0.717, 1.165) is 37.1 Å². The van der Waals surface area contributed by atoms with Gasteiger partial charge >= 0.3 is 0 Å². The van der Waals surface area contributed by atoms with Gasteiger partial charge in [0.1, 0.15) is 0 Å². The number of carbonyl (C=O) groups is 1. The summed E-state index contributed by atoms with van der Waals surface area (Å²) < 4.78 is 27.0. The fourth-order valence-electron chi connectivity index (χ4n) is 3.81. The summed E-state index contributed by atoms with van der Waals surface area (Å²) in [6, 6.07) is 7.61. The van der Waals surface area contributed by atoms with E-state index in [9.17, 15) is 13.2 Å². The normalized spacial score (nSPS) is 20.6. The van der Waals surface area contributed by atoms with Gasteiger partial charge in [0.15, 0.2) is 0 Å². The largest absolute Gasteiger partial charge is 0.342 e. The predicted molar refractivity (Wildman–Crippen MR) is 98.5 cm³/mol. The average Bonchev–Trinajstić information content (AvgIpc) is 2.64. The molecule has 6 heteroatoms. The Bertz CT molecular complexity index is 703. The van der Waals surface area contributed by atoms with Crippen molar-refractivity contribution in [3.8, 4) is 0 Å². The minimum Gasteiger partial charge on any atom is -0.342 e. The van der Waals surface area contributed by atoms with Crippen LogP contribution in [-0.2, 0) is 20.6 Å². The molecule has 0 radical (unpaired) electrons. The Morgan fingerprint density at radius 1 is 1.04 bits per heavy atom. The summed E-state index contributed by atoms with van der Waals surface area (Å²) in [6.45, 7) is 4.58. The number of benzene rings is 1. The quantitative estimate of drug-likeness (QED) is 0.825. The maximum atomic E-state index is 12.7. The third-order valence-corrected chi connectivity index (χ3v) is 7.29. The zero-order valence-corrected chi connectivity index (χ0v) is 15.8. The fraction of sp³-hybridized carbons (Fsp3) is 0.632. The van der Waals surface area contributed by atoms with Crippen molar-refractivity contribution in [3.05, 3.63) is 35.4 Å². The molecule has 0 aromatic heterocycles. The molecule has 2 aliphatic heterocycles. The second-order valence-corrected chi connectivity index (χ2v) is 9.21. The second kappa shape index (κ2) is 7.87. The van der Waals surface area contributed by atoms with Gasteiger partial charge in [-0.1, -0.05) is 24.3 Å². The van der Waals surface area contributed by atoms with Gasteiger partial charge in [-0.15, -0.1) is 0 Å². The van der Waals surface area contributed by atoms with Crippen LogP contribution in [0.3, 0.4) is 0 Å². The molecule has 2 heterocycles. The molecule has 0 saturated carbocycles. The number of amides is 1. The molecule has 0 atom stereocenters. The summed E-state index contributed by atoms with van der Waals surface area (Å²) >= 11 is 0. The van der Waals surface area contributed by atoms with E-state index in [4.69, 9.17) is 0 Å². The lowest BCUT2D eigenvalue weighted by molar-refractivity contribution is -0.137. The number of rotatable bonds is 4. The Kier molecular flexibility index (Phi) is 5.79. The Labute approximate surface area is 151 Å². The van der Waals surface area contributed by atoms with Crippen molar-refractivity contribution in [2.75, 3.05) is 26.2 Å². The molecule has 2 aliphatic rings. The number of hydrogen-bond donors (Lipinski definition) is 0. The van der Waals surface area contributed by atoms with E-state index in [-0.39, 0.29) is 17.6 Å². The third kappa shape index (κ3) is 4.42. The Balaban J connectivity index is 1.57. The van der Waals surface area contributed by atoms with Crippen LogP contribution in [0.25, 0.3) is 0 Å². The van der Waals surface area contributed by atoms with Crippen LogP contribution in [0.2, 0.25) is 0 Å². The van der Waals surface area contributed by atoms with Crippen molar-refractivity contribution in [2.45, 2.75) is 44.8 Å². The van der Waals surface area contributed by atoms with E-state index in [1.54, 1.807) is 4.31 Å². The van der Waals surface area contributed by atoms with Crippen molar-refractivity contribution in [3.63, 3.8) is 0 Å². The first-order chi connectivity index (χ1) is 12.0. The number of carbonyl (C=O) groups excluding carboxylic acids is 1. The van der Waals surface area contributed by atoms with Crippen LogP contribution < -0.4 is 0 Å². The number of aryl methyl sites for hydroxylation is 1. The van der Waals surface area contributed by atoms with Gasteiger partial charge in [-0.25, -0.2) is 12.7 Å². The molecule has 5 nitrogen and oxygen atoms in total. The highest BCUT2D eigenvalue weighted by Gasteiger charge is 2.33. The van der Waals surface area contributed by atoms with Crippen LogP contribution in [0.5, 0.6) is 0 Å². The van der Waals surface area contributed by atoms with E-state index in [0.29, 0.717) is 25.9 Å². The van der Waals surface area contributed by atoms with Gasteiger partial charge in [-0.05, 0) is 50.2 Å². The summed E-state index contributed by atoms with van der Waals surface area (Å²) in [6.07, 6.45) is 4.68. The van der Waals surface area contributed by atoms with Crippen molar-refractivity contribution >= 4 is 15.9 Å². The van der Waals surface area contributed by atoms with Crippen molar-refractivity contribution < 1.29 is 13.2 Å². The molecule has 1 aromatic carbocycles. The molecule has 0 unspecified atom stereocenters. The predicted octanol–water partition coefficient (Wildman–Crippen LogP) is 2.55. The average molecular weight is 365 g/mol. The number of sulfonamides is 1. The van der Waals surface area contributed by atoms with Crippen molar-refractivity contribution in [1.29, 1.82) is 0 Å². The van der Waals surface area contributed by atoms with Crippen molar-refractivity contribution in [1.82, 2.24) is 9.21 Å². The van der Waals surface area contributed by atoms with Crippen LogP contribution in [0.15, 0.2) is 24.3 Å². The minimum absolute atomic E-state index is 0.0111. The summed E-state index contributed by atoms with van der Waals surface area (Å²) in [4.78, 5) is 14.6. The van der Waals surface area contributed by atoms with Gasteiger partial charge in [0, 0.05) is 32.1 Å². The zero-order chi connectivity index (χ0) is 17.9. The molecule has 0 spiro atoms. The lowest BCUT2D eigenvalue weighted by Crippen LogP contribution is -2.45. The molecule has 1 aromatic rings. The lowest BCUT2D eigenvalue weighted by Gasteiger charge is -2.35. The van der Waals surface area contributed by atoms with E-state index >= 15 is 0 Å². The highest BCUT2D eigenvalue weighted by molar-refractivity contribution is 7.88. The maximum absolute atomic E-state index is 12.7. The van der Waals surface area contributed by atoms with E-state index < -0.39 is 10.0 Å². The zero-order valence-electron chi connectivity index (χ0n) is 15.0. The Morgan fingerprint density at radius 3 is 2.32 bits per heavy atom. The highest BCUT2D eigenvalue weighted by Crippen LogP contribution is 2.25. The van der Waals surface area contributed by atoms with E-state index in [2.05, 4.69) is 0 Å². The molecular formula is C19H28N2O3S. The van der Waals surface area contributed by atoms with Crippen LogP contribution in [0, 0.1) is 12.8 Å². The van der Waals surface area contributed by atoms with Crippen LogP contribution in [-0.4, -0.2) is 49.7 Å². The molecule has 138 valence electrons. The molecule has 0 bridgehead atoms. The number of likely N-dealkylation sites (tertiary alicyclic amines) is 1. The molecule has 0 N–H and O–H groups in total. The van der Waals surface area contributed by atoms with Gasteiger partial charge in [0.25, 0.3) is 0 Å². The lowest BCUT2D eigenvalue weighted by atomic mass is 9.95. The third-order valence-electron chi connectivity index (χ3n) is 5.46. The molecule has 25 heavy (non-hydrogen) atoms. The first-order valence-electron chi connectivity index (χ1n) is 9.28. The summed E-state index contributed by atoms with van der Waals surface area (Å²) in [5.41, 5.74) is 1.86. The van der Waals surface area contributed by atoms with Gasteiger partial charge in [0.05, 0.1) is 5.75 Å². The summed E-state index contributed by atoms with van der Waals surface area (Å²) in [5, 5.41) is 0. The van der Waals surface area contributed by atoms with Gasteiger partial charge in [0.2, 0.25) is 15.9 Å². The Morgan fingerprint density at radius 2 is 1.68 bits per heavy atom. The fourth-order valence-corrected chi connectivity index (χ4v) is 5.48. The molecule has 2 saturated heterocycles. The number of nitrogens with zero attached hydrogens (tertiary/aromatic N) is 2. The molecule has 2 fully saturated rings. The standard InChI is InChI=1S/C19H28N2O3S/c1-16-7-3-4-8-18(16)15-25(23,24)21-13-9-17(10-14-21)19(22)20-11-5-2-6-12-20/h3-4,7-8,17H,2,5-6,9-15H2,1H3. The van der Waals surface area contributed by atoms with Crippen LogP contribution in [0.1, 0.15) is 43.2 Å². The van der Waals surface area contributed by atoms with Gasteiger partial charge in [-0.2, -0.15) is 0 Å². The smallest absolute Gasteiger partial charge is 0.225 e. The molecule has 0 aliphatic carbocycles. The highest BCUT2D eigenvalue weighted by atomic mass is 32.2. The van der Waals surface area contributed by atoms with Crippen molar-refractivity contribution in [2.24, 2.45) is 5.92 Å². The first-order valence-corrected chi connectivity index (χ1v) is 10.9. The number of hydrogen-bond acceptors (Lipinski definition) is 3. The number of piperidine rings is 2. The topological polar surface area (TPSA) is 57.7 Å². The van der Waals surface area contributed by atoms with Gasteiger partial charge in [-0.3, -0.25) is 4.79 Å². The Hall–Kier alpha value is -1.40. The SMILES string of the molecule is Cc1ccccc1CS(=O)(=O)N1CCC(C(=O)N2CCCCC2)CC1. The molecular weight excluding hydrogens is 336 g/mol. The van der Waals surface area contributed by atoms with E-state index in [1.165, 1.54) is 6.42 Å². The molecule has 1 amide bonds. The second-order valence-electron chi connectivity index (χ2n) is 7.24. The summed E-state index contributed by atoms with van der Waals surface area (Å²) in [5.74, 6) is 0.267. The monoisotopic (exact) mass is 364 g/mol. The molecule has 3 rings (SSSR count). The van der Waals surface area contributed by atoms with E-state index in [1.807, 2.05) is 36.1 Å².